The molecule has 1 aromatic carbocycles. The van der Waals surface area contributed by atoms with Crippen LogP contribution in [0, 0.1) is 0 Å². The summed E-state index contributed by atoms with van der Waals surface area (Å²) in [4.78, 5) is 29.4. The highest BCUT2D eigenvalue weighted by Crippen LogP contribution is 2.52. The Morgan fingerprint density at radius 2 is 1.60 bits per heavy atom. The van der Waals surface area contributed by atoms with Crippen LogP contribution in [0.15, 0.2) is 51.0 Å². The third kappa shape index (κ3) is 6.70. The SMILES string of the molecule is CCc1cn([C@@]2(Sc3ccccc3)C[C@H](O[Si](C)(C)C(C)(C)C)[C@@H](CO[Si](C)(C)C(C)(C)C)S2=O)c(=O)[nH]c1=O. The molecule has 40 heavy (non-hydrogen) atoms. The van der Waals surface area contributed by atoms with Gasteiger partial charge in [0.2, 0.25) is 0 Å². The van der Waals surface area contributed by atoms with Crippen molar-refractivity contribution in [2.24, 2.45) is 0 Å². The summed E-state index contributed by atoms with van der Waals surface area (Å²) in [6.07, 6.45) is 2.03. The van der Waals surface area contributed by atoms with Gasteiger partial charge in [0.15, 0.2) is 20.8 Å². The van der Waals surface area contributed by atoms with Gasteiger partial charge in [-0.3, -0.25) is 18.6 Å². The molecule has 1 aliphatic rings. The number of rotatable bonds is 9. The molecule has 2 aromatic rings. The first-order valence-electron chi connectivity index (χ1n) is 14.1. The van der Waals surface area contributed by atoms with Crippen molar-refractivity contribution in [3.8, 4) is 0 Å². The number of aryl methyl sites for hydroxylation is 1. The number of aromatic amines is 1. The molecule has 0 spiro atoms. The van der Waals surface area contributed by atoms with E-state index in [9.17, 15) is 13.8 Å². The number of hydrogen-bond donors (Lipinski definition) is 1. The zero-order valence-electron chi connectivity index (χ0n) is 26.0. The topological polar surface area (TPSA) is 90.4 Å². The Morgan fingerprint density at radius 3 is 2.12 bits per heavy atom. The number of nitrogens with zero attached hydrogens (tertiary/aromatic N) is 1. The van der Waals surface area contributed by atoms with Crippen molar-refractivity contribution in [3.05, 3.63) is 62.9 Å². The van der Waals surface area contributed by atoms with E-state index in [4.69, 9.17) is 8.85 Å². The quantitative estimate of drug-likeness (QED) is 0.323. The average Bonchev–Trinajstić information content (AvgIpc) is 3.07. The van der Waals surface area contributed by atoms with Crippen LogP contribution in [0.25, 0.3) is 0 Å². The first-order valence-corrected chi connectivity index (χ1v) is 21.9. The maximum atomic E-state index is 14.9. The first kappa shape index (κ1) is 33.3. The van der Waals surface area contributed by atoms with Crippen LogP contribution in [0.4, 0.5) is 0 Å². The van der Waals surface area contributed by atoms with Crippen molar-refractivity contribution in [1.29, 1.82) is 0 Å². The van der Waals surface area contributed by atoms with E-state index in [1.807, 2.05) is 37.3 Å². The van der Waals surface area contributed by atoms with Gasteiger partial charge in [-0.05, 0) is 54.8 Å². The van der Waals surface area contributed by atoms with Crippen LogP contribution in [0.2, 0.25) is 36.3 Å². The van der Waals surface area contributed by atoms with Crippen molar-refractivity contribution in [2.75, 3.05) is 6.61 Å². The molecule has 0 amide bonds. The minimum absolute atomic E-state index is 0.00929. The molecular formula is C29H48N2O5S2Si2. The number of hydrogen-bond acceptors (Lipinski definition) is 6. The van der Waals surface area contributed by atoms with E-state index in [2.05, 4.69) is 72.7 Å². The Bertz CT molecular complexity index is 1330. The highest BCUT2D eigenvalue weighted by molar-refractivity contribution is 8.11. The summed E-state index contributed by atoms with van der Waals surface area (Å²) in [7, 11) is -6.03. The summed E-state index contributed by atoms with van der Waals surface area (Å²) in [6.45, 7) is 24.1. The molecule has 1 N–H and O–H groups in total. The first-order chi connectivity index (χ1) is 18.3. The van der Waals surface area contributed by atoms with Crippen LogP contribution in [-0.2, 0) is 30.3 Å². The monoisotopic (exact) mass is 624 g/mol. The molecule has 3 rings (SSSR count). The predicted molar refractivity (Wildman–Crippen MR) is 173 cm³/mol. The lowest BCUT2D eigenvalue weighted by molar-refractivity contribution is 0.142. The van der Waals surface area contributed by atoms with E-state index < -0.39 is 48.1 Å². The molecule has 0 aliphatic carbocycles. The zero-order chi connectivity index (χ0) is 30.3. The summed E-state index contributed by atoms with van der Waals surface area (Å²) >= 11 is 1.41. The van der Waals surface area contributed by atoms with Gasteiger partial charge < -0.3 is 8.85 Å². The van der Waals surface area contributed by atoms with Gasteiger partial charge in [-0.25, -0.2) is 4.79 Å². The van der Waals surface area contributed by atoms with Gasteiger partial charge in [-0.15, -0.1) is 0 Å². The summed E-state index contributed by atoms with van der Waals surface area (Å²) in [5.74, 6) is 0. The maximum absolute atomic E-state index is 14.9. The molecular weight excluding hydrogens is 577 g/mol. The standard InChI is InChI=1S/C29H48N2O5S2Si2/c1-12-21-19-31(26(33)30-25(21)32)29(37-22-16-14-13-15-17-22)18-23(36-40(10,11)28(5,6)7)24(38(29)34)20-35-39(8,9)27(2,3)4/h13-17,19,23-24H,12,18,20H2,1-11H3,(H,30,32,33)/t23-,24+,29+,38?/m0/s1. The summed E-state index contributed by atoms with van der Waals surface area (Å²) in [5, 5.41) is -0.505. The van der Waals surface area contributed by atoms with E-state index in [0.717, 1.165) is 4.90 Å². The molecule has 2 heterocycles. The number of nitrogens with one attached hydrogen (secondary N) is 1. The Hall–Kier alpha value is -1.25. The molecule has 1 fully saturated rings. The van der Waals surface area contributed by atoms with Gasteiger partial charge in [0, 0.05) is 23.1 Å². The molecule has 0 radical (unpaired) electrons. The zero-order valence-corrected chi connectivity index (χ0v) is 29.7. The third-order valence-electron chi connectivity index (χ3n) is 8.91. The second kappa shape index (κ2) is 11.8. The van der Waals surface area contributed by atoms with Crippen molar-refractivity contribution >= 4 is 39.2 Å². The van der Waals surface area contributed by atoms with Crippen molar-refractivity contribution in [1.82, 2.24) is 9.55 Å². The molecule has 1 unspecified atom stereocenters. The highest BCUT2D eigenvalue weighted by Gasteiger charge is 2.58. The van der Waals surface area contributed by atoms with E-state index in [1.165, 1.54) is 16.3 Å². The highest BCUT2D eigenvalue weighted by atomic mass is 32.2. The Labute approximate surface area is 248 Å². The molecule has 1 aromatic heterocycles. The number of thioether (sulfide) groups is 1. The lowest BCUT2D eigenvalue weighted by Gasteiger charge is -2.40. The Morgan fingerprint density at radius 1 is 1.02 bits per heavy atom. The Kier molecular flexibility index (Phi) is 9.81. The molecule has 7 nitrogen and oxygen atoms in total. The van der Waals surface area contributed by atoms with Crippen molar-refractivity contribution in [3.63, 3.8) is 0 Å². The van der Waals surface area contributed by atoms with Crippen LogP contribution in [0.1, 0.15) is 60.5 Å². The van der Waals surface area contributed by atoms with Gasteiger partial charge in [0.25, 0.3) is 5.56 Å². The van der Waals surface area contributed by atoms with Gasteiger partial charge in [0.05, 0.1) is 28.8 Å². The van der Waals surface area contributed by atoms with Crippen molar-refractivity contribution in [2.45, 2.75) is 118 Å². The van der Waals surface area contributed by atoms with E-state index in [-0.39, 0.29) is 22.8 Å². The fraction of sp³-hybridized carbons (Fsp3) is 0.655. The van der Waals surface area contributed by atoms with Gasteiger partial charge in [-0.1, -0.05) is 78.4 Å². The molecule has 1 aliphatic heterocycles. The lowest BCUT2D eigenvalue weighted by Crippen LogP contribution is -2.48. The minimum atomic E-state index is -2.28. The number of benzene rings is 1. The minimum Gasteiger partial charge on any atom is -0.416 e. The molecule has 224 valence electrons. The van der Waals surface area contributed by atoms with Gasteiger partial charge in [-0.2, -0.15) is 0 Å². The molecule has 4 atom stereocenters. The molecule has 0 saturated carbocycles. The fourth-order valence-corrected chi connectivity index (χ4v) is 10.7. The van der Waals surface area contributed by atoms with Crippen LogP contribution in [-0.4, -0.2) is 48.4 Å². The second-order valence-electron chi connectivity index (χ2n) is 13.8. The van der Waals surface area contributed by atoms with E-state index in [0.29, 0.717) is 18.4 Å². The van der Waals surface area contributed by atoms with E-state index >= 15 is 0 Å². The smallest absolute Gasteiger partial charge is 0.330 e. The second-order valence-corrected chi connectivity index (χ2v) is 26.8. The molecule has 0 bridgehead atoms. The average molecular weight is 625 g/mol. The van der Waals surface area contributed by atoms with Gasteiger partial charge in [0.1, 0.15) is 0 Å². The van der Waals surface area contributed by atoms with Crippen LogP contribution >= 0.6 is 11.8 Å². The maximum Gasteiger partial charge on any atom is 0.330 e. The van der Waals surface area contributed by atoms with Gasteiger partial charge >= 0.3 is 5.69 Å². The van der Waals surface area contributed by atoms with Crippen molar-refractivity contribution < 1.29 is 13.1 Å². The lowest BCUT2D eigenvalue weighted by atomic mass is 10.2. The molecule has 1 saturated heterocycles. The van der Waals surface area contributed by atoms with Crippen LogP contribution < -0.4 is 11.2 Å². The van der Waals surface area contributed by atoms with E-state index in [1.54, 1.807) is 6.20 Å². The van der Waals surface area contributed by atoms with Crippen LogP contribution in [0.3, 0.4) is 0 Å². The largest absolute Gasteiger partial charge is 0.416 e. The number of H-pyrrole nitrogens is 1. The normalized spacial score (nSPS) is 24.4. The summed E-state index contributed by atoms with van der Waals surface area (Å²) in [5.41, 5.74) is -0.484. The third-order valence-corrected chi connectivity index (χ3v) is 21.8. The summed E-state index contributed by atoms with van der Waals surface area (Å²) < 4.78 is 28.9. The molecule has 11 heteroatoms. The fourth-order valence-electron chi connectivity index (χ4n) is 4.21. The predicted octanol–water partition coefficient (Wildman–Crippen LogP) is 6.43. The summed E-state index contributed by atoms with van der Waals surface area (Å²) in [6, 6.07) is 9.72. The van der Waals surface area contributed by atoms with Crippen LogP contribution in [0.5, 0.6) is 0 Å². The number of aromatic nitrogens is 2. The Balaban J connectivity index is 2.21.